The summed E-state index contributed by atoms with van der Waals surface area (Å²) >= 11 is 0. The topological polar surface area (TPSA) is 77.9 Å². The minimum absolute atomic E-state index is 0.0790. The first-order chi connectivity index (χ1) is 12.0. The lowest BCUT2D eigenvalue weighted by Gasteiger charge is -2.29. The fourth-order valence-corrected chi connectivity index (χ4v) is 3.04. The van der Waals surface area contributed by atoms with Crippen LogP contribution in [0, 0.1) is 11.8 Å². The number of carbonyl (C=O) groups excluding carboxylic acids is 2. The smallest absolute Gasteiger partial charge is 0.320 e. The maximum Gasteiger partial charge on any atom is 0.320 e. The SMILES string of the molecule is CC(=O)CC[C@H](C(=O)N(C)CCCC[C@@H](C(=O)O)N(C)C(C)C)C(C)C. The van der Waals surface area contributed by atoms with Crippen molar-refractivity contribution in [1.29, 1.82) is 0 Å². The molecule has 0 saturated heterocycles. The van der Waals surface area contributed by atoms with Crippen molar-refractivity contribution >= 4 is 17.7 Å². The van der Waals surface area contributed by atoms with Gasteiger partial charge in [0.1, 0.15) is 11.8 Å². The zero-order chi connectivity index (χ0) is 20.4. The van der Waals surface area contributed by atoms with Gasteiger partial charge >= 0.3 is 5.97 Å². The average Bonchev–Trinajstić information content (AvgIpc) is 2.52. The van der Waals surface area contributed by atoms with Gasteiger partial charge in [0.15, 0.2) is 0 Å². The highest BCUT2D eigenvalue weighted by Crippen LogP contribution is 2.20. The van der Waals surface area contributed by atoms with E-state index in [1.165, 1.54) is 0 Å². The minimum atomic E-state index is -0.797. The third kappa shape index (κ3) is 8.79. The summed E-state index contributed by atoms with van der Waals surface area (Å²) < 4.78 is 0. The number of aliphatic carboxylic acids is 1. The summed E-state index contributed by atoms with van der Waals surface area (Å²) in [5.41, 5.74) is 0. The van der Waals surface area contributed by atoms with Crippen LogP contribution in [0.3, 0.4) is 0 Å². The summed E-state index contributed by atoms with van der Waals surface area (Å²) in [5.74, 6) is -0.548. The van der Waals surface area contributed by atoms with E-state index in [9.17, 15) is 19.5 Å². The van der Waals surface area contributed by atoms with Gasteiger partial charge in [0.05, 0.1) is 0 Å². The molecule has 0 fully saturated rings. The van der Waals surface area contributed by atoms with Crippen LogP contribution in [0.4, 0.5) is 0 Å². The number of Topliss-reactive ketones (excluding diaryl/α,β-unsaturated/α-hetero) is 1. The number of hydrogen-bond acceptors (Lipinski definition) is 4. The van der Waals surface area contributed by atoms with Crippen molar-refractivity contribution in [3.8, 4) is 0 Å². The fourth-order valence-electron chi connectivity index (χ4n) is 3.04. The van der Waals surface area contributed by atoms with Crippen LogP contribution in [0.25, 0.3) is 0 Å². The quantitative estimate of drug-likeness (QED) is 0.504. The van der Waals surface area contributed by atoms with E-state index in [0.717, 1.165) is 12.8 Å². The molecule has 0 aromatic rings. The molecular weight excluding hydrogens is 332 g/mol. The molecule has 0 aliphatic heterocycles. The van der Waals surface area contributed by atoms with Gasteiger partial charge in [-0.05, 0) is 59.4 Å². The number of carboxylic acid groups (broad SMARTS) is 1. The molecule has 0 aliphatic carbocycles. The van der Waals surface area contributed by atoms with Crippen LogP contribution in [0.2, 0.25) is 0 Å². The summed E-state index contributed by atoms with van der Waals surface area (Å²) in [6, 6.07) is -0.316. The van der Waals surface area contributed by atoms with Gasteiger partial charge in [0.2, 0.25) is 5.91 Å². The molecule has 1 amide bonds. The van der Waals surface area contributed by atoms with Gasteiger partial charge in [-0.15, -0.1) is 0 Å². The van der Waals surface area contributed by atoms with E-state index in [1.54, 1.807) is 18.9 Å². The Morgan fingerprint density at radius 1 is 0.962 bits per heavy atom. The number of nitrogens with zero attached hydrogens (tertiary/aromatic N) is 2. The molecule has 1 N–H and O–H groups in total. The predicted molar refractivity (Wildman–Crippen MR) is 104 cm³/mol. The molecule has 0 saturated carbocycles. The molecule has 0 unspecified atom stereocenters. The second kappa shape index (κ2) is 12.0. The van der Waals surface area contributed by atoms with Gasteiger partial charge in [-0.3, -0.25) is 14.5 Å². The number of carboxylic acids is 1. The molecule has 0 aliphatic rings. The van der Waals surface area contributed by atoms with Gasteiger partial charge in [-0.1, -0.05) is 13.8 Å². The molecule has 0 radical (unpaired) electrons. The molecule has 0 rings (SSSR count). The number of ketones is 1. The lowest BCUT2D eigenvalue weighted by molar-refractivity contribution is -0.144. The average molecular weight is 371 g/mol. The zero-order valence-corrected chi connectivity index (χ0v) is 17.6. The Morgan fingerprint density at radius 2 is 1.54 bits per heavy atom. The Bertz CT molecular complexity index is 463. The zero-order valence-electron chi connectivity index (χ0n) is 17.6. The molecule has 0 bridgehead atoms. The van der Waals surface area contributed by atoms with Crippen molar-refractivity contribution < 1.29 is 19.5 Å². The lowest BCUT2D eigenvalue weighted by atomic mass is 9.89. The third-order valence-electron chi connectivity index (χ3n) is 5.12. The first-order valence-corrected chi connectivity index (χ1v) is 9.68. The number of amides is 1. The maximum absolute atomic E-state index is 12.6. The van der Waals surface area contributed by atoms with E-state index in [4.69, 9.17) is 0 Å². The molecule has 0 heterocycles. The first-order valence-electron chi connectivity index (χ1n) is 9.68. The number of likely N-dealkylation sites (N-methyl/N-ethyl adjacent to an activating group) is 1. The van der Waals surface area contributed by atoms with Gasteiger partial charge in [0.25, 0.3) is 0 Å². The summed E-state index contributed by atoms with van der Waals surface area (Å²) in [4.78, 5) is 38.9. The van der Waals surface area contributed by atoms with Crippen molar-refractivity contribution in [2.45, 2.75) is 78.8 Å². The number of rotatable bonds is 13. The Kier molecular flexibility index (Phi) is 11.4. The van der Waals surface area contributed by atoms with Crippen molar-refractivity contribution in [2.24, 2.45) is 11.8 Å². The van der Waals surface area contributed by atoms with E-state index in [-0.39, 0.29) is 29.6 Å². The van der Waals surface area contributed by atoms with Gasteiger partial charge in [-0.25, -0.2) is 0 Å². The van der Waals surface area contributed by atoms with Gasteiger partial charge < -0.3 is 14.8 Å². The van der Waals surface area contributed by atoms with Crippen LogP contribution in [-0.2, 0) is 14.4 Å². The monoisotopic (exact) mass is 370 g/mol. The van der Waals surface area contributed by atoms with Crippen LogP contribution in [0.5, 0.6) is 0 Å². The molecular formula is C20H38N2O4. The van der Waals surface area contributed by atoms with Crippen LogP contribution in [-0.4, -0.2) is 65.3 Å². The van der Waals surface area contributed by atoms with Crippen molar-refractivity contribution in [2.75, 3.05) is 20.6 Å². The Hall–Kier alpha value is -1.43. The second-order valence-electron chi connectivity index (χ2n) is 7.96. The number of unbranched alkanes of at least 4 members (excludes halogenated alkanes) is 1. The molecule has 6 heteroatoms. The van der Waals surface area contributed by atoms with Crippen LogP contribution in [0.15, 0.2) is 0 Å². The fraction of sp³-hybridized carbons (Fsp3) is 0.850. The molecule has 6 nitrogen and oxygen atoms in total. The van der Waals surface area contributed by atoms with Crippen LogP contribution in [0.1, 0.15) is 66.7 Å². The lowest BCUT2D eigenvalue weighted by Crippen LogP contribution is -2.42. The highest BCUT2D eigenvalue weighted by Gasteiger charge is 2.26. The predicted octanol–water partition coefficient (Wildman–Crippen LogP) is 3.05. The van der Waals surface area contributed by atoms with E-state index < -0.39 is 12.0 Å². The Balaban J connectivity index is 4.49. The van der Waals surface area contributed by atoms with Crippen molar-refractivity contribution in [3.05, 3.63) is 0 Å². The van der Waals surface area contributed by atoms with Gasteiger partial charge in [-0.2, -0.15) is 0 Å². The van der Waals surface area contributed by atoms with Crippen LogP contribution >= 0.6 is 0 Å². The molecule has 0 spiro atoms. The number of carbonyl (C=O) groups is 3. The Morgan fingerprint density at radius 3 is 1.96 bits per heavy atom. The van der Waals surface area contributed by atoms with Crippen molar-refractivity contribution in [3.63, 3.8) is 0 Å². The maximum atomic E-state index is 12.6. The Labute approximate surface area is 158 Å². The number of hydrogen-bond donors (Lipinski definition) is 1. The highest BCUT2D eigenvalue weighted by atomic mass is 16.4. The van der Waals surface area contributed by atoms with E-state index in [2.05, 4.69) is 0 Å². The van der Waals surface area contributed by atoms with Crippen molar-refractivity contribution in [1.82, 2.24) is 9.80 Å². The van der Waals surface area contributed by atoms with Gasteiger partial charge in [0, 0.05) is 32.0 Å². The minimum Gasteiger partial charge on any atom is -0.480 e. The summed E-state index contributed by atoms with van der Waals surface area (Å²) in [7, 11) is 3.63. The normalized spacial score (nSPS) is 13.9. The molecule has 152 valence electrons. The molecule has 0 aromatic carbocycles. The summed E-state index contributed by atoms with van der Waals surface area (Å²) in [6.45, 7) is 10.1. The summed E-state index contributed by atoms with van der Waals surface area (Å²) in [5, 5.41) is 9.39. The van der Waals surface area contributed by atoms with Crippen LogP contribution < -0.4 is 0 Å². The third-order valence-corrected chi connectivity index (χ3v) is 5.12. The standard InChI is InChI=1S/C20H38N2O4/c1-14(2)17(12-11-16(5)23)19(24)21(6)13-9-8-10-18(20(25)26)22(7)15(3)4/h14-15,17-18H,8-13H2,1-7H3,(H,25,26)/t17-,18-/m0/s1. The largest absolute Gasteiger partial charge is 0.480 e. The molecule has 26 heavy (non-hydrogen) atoms. The second-order valence-corrected chi connectivity index (χ2v) is 7.96. The van der Waals surface area contributed by atoms with E-state index in [0.29, 0.717) is 25.8 Å². The van der Waals surface area contributed by atoms with E-state index in [1.807, 2.05) is 39.6 Å². The molecule has 2 atom stereocenters. The highest BCUT2D eigenvalue weighted by molar-refractivity contribution is 5.80. The molecule has 0 aromatic heterocycles. The summed E-state index contributed by atoms with van der Waals surface area (Å²) in [6.07, 6.45) is 3.13. The van der Waals surface area contributed by atoms with E-state index >= 15 is 0 Å². The first kappa shape index (κ1) is 24.6.